The van der Waals surface area contributed by atoms with Crippen LogP contribution in [0.1, 0.15) is 22.8 Å². The fraction of sp³-hybridized carbons (Fsp3) is 0.167. The van der Waals surface area contributed by atoms with Crippen molar-refractivity contribution in [1.29, 1.82) is 0 Å². The third-order valence-electron chi connectivity index (χ3n) is 3.41. The van der Waals surface area contributed by atoms with Gasteiger partial charge in [-0.05, 0) is 65.4 Å². The van der Waals surface area contributed by atoms with Crippen LogP contribution in [0, 0.1) is 3.57 Å². The van der Waals surface area contributed by atoms with Crippen LogP contribution in [0.15, 0.2) is 46.2 Å². The molecule has 0 atom stereocenters. The number of fused-ring (bicyclic) bond motifs is 1. The van der Waals surface area contributed by atoms with Crippen LogP contribution in [0.5, 0.6) is 11.5 Å². The summed E-state index contributed by atoms with van der Waals surface area (Å²) in [4.78, 5) is 14.2. The number of ether oxygens (including phenoxy) is 2. The predicted molar refractivity (Wildman–Crippen MR) is 101 cm³/mol. The number of hydrogen-bond acceptors (Lipinski definition) is 4. The normalized spacial score (nSPS) is 14.9. The minimum absolute atomic E-state index is 0.0781. The van der Waals surface area contributed by atoms with E-state index in [0.717, 1.165) is 30.2 Å². The Morgan fingerprint density at radius 1 is 1.26 bits per heavy atom. The van der Waals surface area contributed by atoms with E-state index < -0.39 is 0 Å². The first-order valence-corrected chi connectivity index (χ1v) is 9.07. The molecule has 5 heteroatoms. The number of allylic oxidation sites excluding steroid dienone is 1. The zero-order valence-electron chi connectivity index (χ0n) is 12.8. The maximum Gasteiger partial charge on any atom is 0.200 e. The molecule has 0 fully saturated rings. The second-order valence-corrected chi connectivity index (χ2v) is 7.15. The number of benzene rings is 2. The van der Waals surface area contributed by atoms with Crippen LogP contribution in [-0.2, 0) is 0 Å². The van der Waals surface area contributed by atoms with Crippen molar-refractivity contribution in [3.8, 4) is 11.5 Å². The van der Waals surface area contributed by atoms with Crippen LogP contribution in [0.3, 0.4) is 0 Å². The van der Waals surface area contributed by atoms with Crippen molar-refractivity contribution in [2.24, 2.45) is 0 Å². The monoisotopic (exact) mass is 438 g/mol. The van der Waals surface area contributed by atoms with Gasteiger partial charge in [-0.15, -0.1) is 0 Å². The number of thioether (sulfide) groups is 1. The largest absolute Gasteiger partial charge is 0.492 e. The second kappa shape index (κ2) is 6.97. The van der Waals surface area contributed by atoms with Crippen molar-refractivity contribution < 1.29 is 14.3 Å². The Labute approximate surface area is 153 Å². The molecule has 3 nitrogen and oxygen atoms in total. The summed E-state index contributed by atoms with van der Waals surface area (Å²) >= 11 is 3.73. The third kappa shape index (κ3) is 3.26. The number of hydrogen-bond donors (Lipinski definition) is 0. The highest BCUT2D eigenvalue weighted by Gasteiger charge is 2.25. The van der Waals surface area contributed by atoms with Crippen molar-refractivity contribution in [3.05, 3.63) is 56.0 Å². The quantitative estimate of drug-likeness (QED) is 0.496. The number of methoxy groups -OCH3 is 1. The Balaban J connectivity index is 1.99. The molecule has 0 N–H and O–H groups in total. The second-order valence-electron chi connectivity index (χ2n) is 4.90. The minimum Gasteiger partial charge on any atom is -0.492 e. The van der Waals surface area contributed by atoms with E-state index in [2.05, 4.69) is 22.6 Å². The van der Waals surface area contributed by atoms with Gasteiger partial charge in [-0.25, -0.2) is 0 Å². The van der Waals surface area contributed by atoms with E-state index in [1.807, 2.05) is 49.4 Å². The molecule has 0 unspecified atom stereocenters. The molecule has 0 spiro atoms. The van der Waals surface area contributed by atoms with Crippen molar-refractivity contribution in [2.45, 2.75) is 11.8 Å². The van der Waals surface area contributed by atoms with Crippen molar-refractivity contribution in [3.63, 3.8) is 0 Å². The van der Waals surface area contributed by atoms with Crippen LogP contribution < -0.4 is 9.47 Å². The number of carbonyl (C=O) groups is 1. The summed E-state index contributed by atoms with van der Waals surface area (Å²) in [6, 6.07) is 11.6. The molecular weight excluding hydrogens is 423 g/mol. The molecular formula is C18H15IO3S. The van der Waals surface area contributed by atoms with E-state index >= 15 is 0 Å². The van der Waals surface area contributed by atoms with Crippen LogP contribution in [0.25, 0.3) is 6.08 Å². The SMILES string of the molecule is CCOc1cc(/C=C2\Sc3ccccc3C2=O)cc(I)c1OC. The molecule has 118 valence electrons. The molecule has 1 aliphatic heterocycles. The lowest BCUT2D eigenvalue weighted by atomic mass is 10.1. The first-order chi connectivity index (χ1) is 11.1. The predicted octanol–water partition coefficient (Wildman–Crippen LogP) is 5.03. The van der Waals surface area contributed by atoms with E-state index in [1.54, 1.807) is 7.11 Å². The van der Waals surface area contributed by atoms with Crippen LogP contribution in [0.2, 0.25) is 0 Å². The van der Waals surface area contributed by atoms with Gasteiger partial charge >= 0.3 is 0 Å². The molecule has 0 saturated heterocycles. The van der Waals surface area contributed by atoms with E-state index in [1.165, 1.54) is 11.8 Å². The van der Waals surface area contributed by atoms with E-state index in [9.17, 15) is 4.79 Å². The van der Waals surface area contributed by atoms with Gasteiger partial charge in [-0.3, -0.25) is 4.79 Å². The molecule has 2 aromatic carbocycles. The van der Waals surface area contributed by atoms with Crippen molar-refractivity contribution in [2.75, 3.05) is 13.7 Å². The van der Waals surface area contributed by atoms with E-state index in [-0.39, 0.29) is 5.78 Å². The van der Waals surface area contributed by atoms with Gasteiger partial charge in [0.1, 0.15) is 0 Å². The standard InChI is InChI=1S/C18H15IO3S/c1-3-22-14-9-11(8-13(19)18(14)21-2)10-16-17(20)12-6-4-5-7-15(12)23-16/h4-10H,3H2,1-2H3/b16-10-. The minimum atomic E-state index is 0.0781. The number of halogens is 1. The lowest BCUT2D eigenvalue weighted by Gasteiger charge is -2.12. The lowest BCUT2D eigenvalue weighted by molar-refractivity contribution is 0.104. The summed E-state index contributed by atoms with van der Waals surface area (Å²) in [5.74, 6) is 1.50. The van der Waals surface area contributed by atoms with Gasteiger partial charge < -0.3 is 9.47 Å². The molecule has 1 aliphatic rings. The highest BCUT2D eigenvalue weighted by Crippen LogP contribution is 2.41. The fourth-order valence-electron chi connectivity index (χ4n) is 2.42. The summed E-state index contributed by atoms with van der Waals surface area (Å²) in [6.45, 7) is 2.50. The summed E-state index contributed by atoms with van der Waals surface area (Å²) in [7, 11) is 1.63. The molecule has 1 heterocycles. The first-order valence-electron chi connectivity index (χ1n) is 7.17. The zero-order valence-corrected chi connectivity index (χ0v) is 15.7. The molecule has 23 heavy (non-hydrogen) atoms. The molecule has 0 bridgehead atoms. The Morgan fingerprint density at radius 3 is 2.74 bits per heavy atom. The third-order valence-corrected chi connectivity index (χ3v) is 5.31. The number of carbonyl (C=O) groups excluding carboxylic acids is 1. The highest BCUT2D eigenvalue weighted by atomic mass is 127. The lowest BCUT2D eigenvalue weighted by Crippen LogP contribution is -1.98. The van der Waals surface area contributed by atoms with Crippen LogP contribution in [0.4, 0.5) is 0 Å². The van der Waals surface area contributed by atoms with Gasteiger partial charge in [-0.2, -0.15) is 0 Å². The molecule has 0 amide bonds. The van der Waals surface area contributed by atoms with E-state index in [0.29, 0.717) is 12.4 Å². The smallest absolute Gasteiger partial charge is 0.200 e. The maximum absolute atomic E-state index is 12.5. The molecule has 3 rings (SSSR count). The Hall–Kier alpha value is -1.47. The van der Waals surface area contributed by atoms with Crippen molar-refractivity contribution in [1.82, 2.24) is 0 Å². The molecule has 0 saturated carbocycles. The Bertz CT molecular complexity index is 799. The summed E-state index contributed by atoms with van der Waals surface area (Å²) < 4.78 is 12.0. The average molecular weight is 438 g/mol. The van der Waals surface area contributed by atoms with Gasteiger partial charge in [0.05, 0.1) is 22.2 Å². The molecule has 0 aromatic heterocycles. The summed E-state index contributed by atoms with van der Waals surface area (Å²) in [5, 5.41) is 0. The van der Waals surface area contributed by atoms with Gasteiger partial charge in [0.15, 0.2) is 11.5 Å². The summed E-state index contributed by atoms with van der Waals surface area (Å²) in [5.41, 5.74) is 1.71. The maximum atomic E-state index is 12.5. The van der Waals surface area contributed by atoms with Crippen molar-refractivity contribution >= 4 is 46.2 Å². The number of rotatable bonds is 4. The number of ketones is 1. The van der Waals surface area contributed by atoms with E-state index in [4.69, 9.17) is 9.47 Å². The Kier molecular flexibility index (Phi) is 4.96. The Morgan fingerprint density at radius 2 is 2.04 bits per heavy atom. The number of Topliss-reactive ketones (excluding diaryl/α,β-unsaturated/α-hetero) is 1. The van der Waals surface area contributed by atoms with Gasteiger partial charge in [-0.1, -0.05) is 23.9 Å². The van der Waals surface area contributed by atoms with Gasteiger partial charge in [0.2, 0.25) is 5.78 Å². The van der Waals surface area contributed by atoms with Crippen LogP contribution in [-0.4, -0.2) is 19.5 Å². The van der Waals surface area contributed by atoms with Gasteiger partial charge in [0.25, 0.3) is 0 Å². The average Bonchev–Trinajstić information content (AvgIpc) is 2.84. The zero-order chi connectivity index (χ0) is 16.4. The first kappa shape index (κ1) is 16.4. The molecule has 0 radical (unpaired) electrons. The molecule has 2 aromatic rings. The fourth-order valence-corrected chi connectivity index (χ4v) is 4.32. The highest BCUT2D eigenvalue weighted by molar-refractivity contribution is 14.1. The van der Waals surface area contributed by atoms with Crippen LogP contribution >= 0.6 is 34.4 Å². The summed E-state index contributed by atoms with van der Waals surface area (Å²) in [6.07, 6.45) is 1.91. The topological polar surface area (TPSA) is 35.5 Å². The van der Waals surface area contributed by atoms with Gasteiger partial charge in [0, 0.05) is 10.5 Å². The molecule has 0 aliphatic carbocycles.